The summed E-state index contributed by atoms with van der Waals surface area (Å²) < 4.78 is 16.8. The van der Waals surface area contributed by atoms with Crippen LogP contribution in [0, 0.1) is 13.8 Å². The molecule has 0 saturated heterocycles. The second-order valence-electron chi connectivity index (χ2n) is 10.5. The Balaban J connectivity index is 2.24. The molecule has 0 spiro atoms. The number of hydrazine groups is 1. The van der Waals surface area contributed by atoms with Crippen LogP contribution in [0.15, 0.2) is 36.4 Å². The lowest BCUT2D eigenvalue weighted by Gasteiger charge is -2.42. The van der Waals surface area contributed by atoms with Crippen LogP contribution in [-0.2, 0) is 33.4 Å². The van der Waals surface area contributed by atoms with Crippen molar-refractivity contribution in [2.24, 2.45) is 0 Å². The average molecular weight is 643 g/mol. The maximum Gasteiger partial charge on any atom is 0.308 e. The van der Waals surface area contributed by atoms with Gasteiger partial charge in [0.15, 0.2) is 6.29 Å². The number of rotatable bonds is 13. The van der Waals surface area contributed by atoms with Crippen molar-refractivity contribution in [1.29, 1.82) is 0 Å². The number of carbonyl (C=O) groups is 5. The monoisotopic (exact) mass is 642 g/mol. The van der Waals surface area contributed by atoms with E-state index in [2.05, 4.69) is 5.32 Å². The highest BCUT2D eigenvalue weighted by Gasteiger charge is 2.45. The van der Waals surface area contributed by atoms with Gasteiger partial charge in [-0.3, -0.25) is 24.0 Å². The Morgan fingerprint density at radius 2 is 1.59 bits per heavy atom. The highest BCUT2D eigenvalue weighted by molar-refractivity contribution is 6.10. The van der Waals surface area contributed by atoms with Gasteiger partial charge < -0.3 is 34.6 Å². The zero-order valence-electron chi connectivity index (χ0n) is 26.9. The molecule has 0 radical (unpaired) electrons. The molecule has 14 heteroatoms. The van der Waals surface area contributed by atoms with Crippen LogP contribution in [0.2, 0.25) is 0 Å². The molecule has 1 aliphatic heterocycles. The smallest absolute Gasteiger partial charge is 0.308 e. The molecule has 1 heterocycles. The fourth-order valence-corrected chi connectivity index (χ4v) is 5.29. The third kappa shape index (κ3) is 8.00. The van der Waals surface area contributed by atoms with E-state index in [4.69, 9.17) is 14.2 Å². The van der Waals surface area contributed by atoms with Crippen LogP contribution in [0.4, 0.5) is 11.4 Å². The molecule has 14 nitrogen and oxygen atoms in total. The second-order valence-corrected chi connectivity index (χ2v) is 10.5. The predicted octanol–water partition coefficient (Wildman–Crippen LogP) is 1.96. The number of phenols is 1. The Morgan fingerprint density at radius 3 is 2.11 bits per heavy atom. The molecule has 250 valence electrons. The van der Waals surface area contributed by atoms with Crippen LogP contribution in [0.25, 0.3) is 0 Å². The van der Waals surface area contributed by atoms with Crippen molar-refractivity contribution in [1.82, 2.24) is 10.3 Å². The molecule has 0 saturated carbocycles. The first-order valence-electron chi connectivity index (χ1n) is 15.0. The minimum absolute atomic E-state index is 0.0197. The van der Waals surface area contributed by atoms with Gasteiger partial charge in [0.1, 0.15) is 24.4 Å². The second kappa shape index (κ2) is 16.2. The molecule has 0 aromatic heterocycles. The average Bonchev–Trinajstić information content (AvgIpc) is 3.13. The van der Waals surface area contributed by atoms with E-state index in [0.29, 0.717) is 11.1 Å². The number of carbonyl (C=O) groups excluding carboxylic acids is 5. The van der Waals surface area contributed by atoms with Gasteiger partial charge in [-0.15, -0.1) is 0 Å². The minimum Gasteiger partial charge on any atom is -0.507 e. The largest absolute Gasteiger partial charge is 0.507 e. The molecule has 46 heavy (non-hydrogen) atoms. The van der Waals surface area contributed by atoms with Gasteiger partial charge in [0.25, 0.3) is 17.7 Å². The number of hydrogen-bond acceptors (Lipinski definition) is 10. The number of fused-ring (bicyclic) bond motifs is 1. The first kappa shape index (κ1) is 35.9. The minimum atomic E-state index is -1.45. The first-order valence-corrected chi connectivity index (χ1v) is 15.0. The van der Waals surface area contributed by atoms with E-state index in [0.717, 1.165) is 14.9 Å². The molecule has 2 aromatic rings. The standard InChI is InChI=1S/C32H42N4O10/c1-7-44-28(40)16-26(32(45-8-2)46-9-3)35(21(6)38)36-25-13-11-10-12-24(25)34(27(39)18-37)17-23(31(36)43)33-30(42)22-14-19(4)29(41)20(5)15-22/h10-15,23,26,32,37,41H,7-9,16-18H2,1-6H3,(H,33,42)/t23-,26-/m0/s1. The van der Waals surface area contributed by atoms with Gasteiger partial charge in [0.2, 0.25) is 5.91 Å². The predicted molar refractivity (Wildman–Crippen MR) is 167 cm³/mol. The summed E-state index contributed by atoms with van der Waals surface area (Å²) in [5, 5.41) is 24.7. The third-order valence-corrected chi connectivity index (χ3v) is 7.28. The van der Waals surface area contributed by atoms with Crippen LogP contribution in [0.1, 0.15) is 55.6 Å². The zero-order valence-corrected chi connectivity index (χ0v) is 26.9. The summed E-state index contributed by atoms with van der Waals surface area (Å²) in [5.41, 5.74) is 1.24. The number of aryl methyl sites for hydroxylation is 2. The lowest BCUT2D eigenvalue weighted by molar-refractivity contribution is -0.187. The van der Waals surface area contributed by atoms with E-state index < -0.39 is 67.5 Å². The number of amides is 4. The van der Waals surface area contributed by atoms with Gasteiger partial charge in [-0.2, -0.15) is 0 Å². The van der Waals surface area contributed by atoms with Crippen molar-refractivity contribution >= 4 is 41.0 Å². The van der Waals surface area contributed by atoms with E-state index in [-0.39, 0.29) is 42.5 Å². The van der Waals surface area contributed by atoms with E-state index in [1.165, 1.54) is 31.2 Å². The molecular formula is C32H42N4O10. The van der Waals surface area contributed by atoms with Crippen LogP contribution in [0.5, 0.6) is 5.75 Å². The van der Waals surface area contributed by atoms with E-state index >= 15 is 0 Å². The maximum absolute atomic E-state index is 14.6. The van der Waals surface area contributed by atoms with Gasteiger partial charge in [-0.05, 0) is 70.0 Å². The molecule has 3 rings (SSSR count). The van der Waals surface area contributed by atoms with Crippen molar-refractivity contribution in [3.05, 3.63) is 53.1 Å². The van der Waals surface area contributed by atoms with E-state index in [1.54, 1.807) is 46.8 Å². The molecule has 0 bridgehead atoms. The normalized spacial score (nSPS) is 15.2. The summed E-state index contributed by atoms with van der Waals surface area (Å²) in [6.07, 6.45) is -1.61. The molecule has 3 N–H and O–H groups in total. The summed E-state index contributed by atoms with van der Waals surface area (Å²) in [6.45, 7) is 8.52. The zero-order chi connectivity index (χ0) is 34.1. The first-order chi connectivity index (χ1) is 21.9. The Hall–Kier alpha value is -4.53. The number of benzene rings is 2. The lowest BCUT2D eigenvalue weighted by atomic mass is 10.0. The van der Waals surface area contributed by atoms with Crippen molar-refractivity contribution < 1.29 is 48.4 Å². The van der Waals surface area contributed by atoms with Gasteiger partial charge in [0, 0.05) is 25.7 Å². The number of para-hydroxylation sites is 2. The van der Waals surface area contributed by atoms with Crippen LogP contribution in [0.3, 0.4) is 0 Å². The Kier molecular flexibility index (Phi) is 12.6. The van der Waals surface area contributed by atoms with E-state index in [1.807, 2.05) is 0 Å². The van der Waals surface area contributed by atoms with Crippen LogP contribution >= 0.6 is 0 Å². The molecule has 2 atom stereocenters. The summed E-state index contributed by atoms with van der Waals surface area (Å²) in [4.78, 5) is 68.8. The molecular weight excluding hydrogens is 600 g/mol. The molecule has 0 unspecified atom stereocenters. The van der Waals surface area contributed by atoms with Gasteiger partial charge >= 0.3 is 5.97 Å². The Morgan fingerprint density at radius 1 is 1.00 bits per heavy atom. The summed E-state index contributed by atoms with van der Waals surface area (Å²) >= 11 is 0. The number of phenolic OH excluding ortho intramolecular Hbond substituents is 1. The fraction of sp³-hybridized carbons (Fsp3) is 0.469. The maximum atomic E-state index is 14.6. The van der Waals surface area contributed by atoms with Crippen molar-refractivity contribution in [2.45, 2.75) is 66.3 Å². The number of anilines is 2. The highest BCUT2D eigenvalue weighted by Crippen LogP contribution is 2.36. The van der Waals surface area contributed by atoms with Gasteiger partial charge in [-0.1, -0.05) is 12.1 Å². The highest BCUT2D eigenvalue weighted by atomic mass is 16.7. The van der Waals surface area contributed by atoms with Crippen molar-refractivity contribution in [2.75, 3.05) is 42.9 Å². The number of nitrogens with one attached hydrogen (secondary N) is 1. The summed E-state index contributed by atoms with van der Waals surface area (Å²) in [5.74, 6) is -3.62. The molecule has 1 aliphatic rings. The number of hydrogen-bond donors (Lipinski definition) is 3. The number of nitrogens with zero attached hydrogens (tertiary/aromatic N) is 3. The topological polar surface area (TPSA) is 175 Å². The van der Waals surface area contributed by atoms with Crippen molar-refractivity contribution in [3.63, 3.8) is 0 Å². The summed E-state index contributed by atoms with van der Waals surface area (Å²) in [6, 6.07) is 6.44. The number of esters is 1. The number of aliphatic hydroxyl groups excluding tert-OH is 1. The van der Waals surface area contributed by atoms with Gasteiger partial charge in [0.05, 0.1) is 30.9 Å². The number of ether oxygens (including phenoxy) is 3. The van der Waals surface area contributed by atoms with Crippen LogP contribution in [-0.4, -0.2) is 96.2 Å². The number of aliphatic hydroxyl groups is 1. The Labute approximate surface area is 267 Å². The molecule has 2 aromatic carbocycles. The van der Waals surface area contributed by atoms with E-state index in [9.17, 15) is 34.2 Å². The lowest BCUT2D eigenvalue weighted by Crippen LogP contribution is -2.63. The SMILES string of the molecule is CCOC(=O)C[C@@H](C(OCC)OCC)N(C(C)=O)N1C(=O)[C@@H](NC(=O)c2cc(C)c(O)c(C)c2)CN(C(=O)CO)c2ccccc21. The quantitative estimate of drug-likeness (QED) is 0.216. The molecule has 4 amide bonds. The fourth-order valence-electron chi connectivity index (χ4n) is 5.29. The Bertz CT molecular complexity index is 1420. The van der Waals surface area contributed by atoms with Gasteiger partial charge in [-0.25, -0.2) is 10.0 Å². The van der Waals surface area contributed by atoms with Crippen molar-refractivity contribution in [3.8, 4) is 5.75 Å². The molecule has 0 aliphatic carbocycles. The molecule has 0 fully saturated rings. The summed E-state index contributed by atoms with van der Waals surface area (Å²) in [7, 11) is 0. The van der Waals surface area contributed by atoms with Crippen LogP contribution < -0.4 is 15.2 Å². The third-order valence-electron chi connectivity index (χ3n) is 7.28. The number of aromatic hydroxyl groups is 1.